The number of rotatable bonds is 5. The van der Waals surface area contributed by atoms with Crippen LogP contribution in [0.25, 0.3) is 0 Å². The van der Waals surface area contributed by atoms with Crippen molar-refractivity contribution in [3.05, 3.63) is 35.5 Å². The molecule has 1 aliphatic heterocycles. The number of nitrogens with one attached hydrogen (secondary N) is 1. The fraction of sp³-hybridized carbons (Fsp3) is 0.455. The van der Waals surface area contributed by atoms with Gasteiger partial charge in [0.1, 0.15) is 29.0 Å². The quantitative estimate of drug-likeness (QED) is 0.777. The smallest absolute Gasteiger partial charge is 0.416 e. The molecule has 1 atom stereocenters. The van der Waals surface area contributed by atoms with Crippen LogP contribution in [0.3, 0.4) is 0 Å². The molecule has 1 aliphatic rings. The van der Waals surface area contributed by atoms with E-state index >= 15 is 0 Å². The van der Waals surface area contributed by atoms with Gasteiger partial charge >= 0.3 is 6.09 Å². The SMILES string of the molecule is CCOc1ccc(NC(=O)C2Cc3ccc(OC)nc3N2C(=O)OC(C)(C)C)nc1C. The lowest BCUT2D eigenvalue weighted by molar-refractivity contribution is -0.117. The van der Waals surface area contributed by atoms with Gasteiger partial charge in [-0.3, -0.25) is 4.79 Å². The number of amides is 2. The summed E-state index contributed by atoms with van der Waals surface area (Å²) in [6.45, 7) is 9.51. The molecule has 31 heavy (non-hydrogen) atoms. The lowest BCUT2D eigenvalue weighted by Crippen LogP contribution is -2.47. The highest BCUT2D eigenvalue weighted by Crippen LogP contribution is 2.34. The van der Waals surface area contributed by atoms with Crippen molar-refractivity contribution in [2.75, 3.05) is 23.9 Å². The number of aryl methyl sites for hydroxylation is 1. The normalized spacial score (nSPS) is 15.3. The zero-order chi connectivity index (χ0) is 22.8. The second-order valence-corrected chi connectivity index (χ2v) is 8.11. The summed E-state index contributed by atoms with van der Waals surface area (Å²) in [6.07, 6.45) is -0.351. The Kier molecular flexibility index (Phi) is 6.33. The van der Waals surface area contributed by atoms with Gasteiger partial charge in [0.05, 0.1) is 19.4 Å². The van der Waals surface area contributed by atoms with Crippen LogP contribution < -0.4 is 19.7 Å². The van der Waals surface area contributed by atoms with Gasteiger partial charge < -0.3 is 19.5 Å². The lowest BCUT2D eigenvalue weighted by Gasteiger charge is -2.28. The summed E-state index contributed by atoms with van der Waals surface area (Å²) in [5.41, 5.74) is 0.681. The molecule has 2 aromatic rings. The largest absolute Gasteiger partial charge is 0.492 e. The number of pyridine rings is 2. The van der Waals surface area contributed by atoms with Crippen LogP contribution in [0, 0.1) is 6.92 Å². The lowest BCUT2D eigenvalue weighted by atomic mass is 10.1. The summed E-state index contributed by atoms with van der Waals surface area (Å²) in [5, 5.41) is 2.79. The third kappa shape index (κ3) is 5.04. The molecule has 0 aliphatic carbocycles. The van der Waals surface area contributed by atoms with E-state index < -0.39 is 17.7 Å². The fourth-order valence-electron chi connectivity index (χ4n) is 3.26. The van der Waals surface area contributed by atoms with E-state index in [4.69, 9.17) is 14.2 Å². The highest BCUT2D eigenvalue weighted by Gasteiger charge is 2.42. The predicted octanol–water partition coefficient (Wildman–Crippen LogP) is 3.50. The number of hydrogen-bond acceptors (Lipinski definition) is 7. The molecule has 3 heterocycles. The van der Waals surface area contributed by atoms with E-state index in [1.165, 1.54) is 12.0 Å². The van der Waals surface area contributed by atoms with Crippen LogP contribution in [0.1, 0.15) is 39.0 Å². The molecule has 0 bridgehead atoms. The van der Waals surface area contributed by atoms with E-state index in [1.54, 1.807) is 52.0 Å². The average Bonchev–Trinajstić information content (AvgIpc) is 3.07. The Hall–Kier alpha value is -3.36. The van der Waals surface area contributed by atoms with Crippen molar-refractivity contribution in [3.8, 4) is 11.6 Å². The van der Waals surface area contributed by atoms with Crippen molar-refractivity contribution in [1.29, 1.82) is 0 Å². The molecule has 166 valence electrons. The van der Waals surface area contributed by atoms with E-state index in [2.05, 4.69) is 15.3 Å². The molecule has 2 aromatic heterocycles. The number of fused-ring (bicyclic) bond motifs is 1. The Morgan fingerprint density at radius 1 is 1.19 bits per heavy atom. The minimum Gasteiger partial charge on any atom is -0.492 e. The number of hydrogen-bond donors (Lipinski definition) is 1. The van der Waals surface area contributed by atoms with Gasteiger partial charge in [-0.05, 0) is 58.4 Å². The Bertz CT molecular complexity index is 986. The van der Waals surface area contributed by atoms with Crippen molar-refractivity contribution >= 4 is 23.6 Å². The van der Waals surface area contributed by atoms with E-state index in [0.29, 0.717) is 42.0 Å². The Morgan fingerprint density at radius 2 is 1.94 bits per heavy atom. The first kappa shape index (κ1) is 22.3. The minimum absolute atomic E-state index is 0.299. The minimum atomic E-state index is -0.835. The standard InChI is InChI=1S/C22H28N4O5/c1-7-30-16-9-10-17(23-13(16)2)24-20(27)15-12-14-8-11-18(29-6)25-19(14)26(15)21(28)31-22(3,4)5/h8-11,15H,7,12H2,1-6H3,(H,23,24,27). The van der Waals surface area contributed by atoms with E-state index in [-0.39, 0.29) is 5.91 Å². The predicted molar refractivity (Wildman–Crippen MR) is 116 cm³/mol. The molecular weight excluding hydrogens is 400 g/mol. The number of carbonyl (C=O) groups is 2. The van der Waals surface area contributed by atoms with Crippen LogP contribution in [0.4, 0.5) is 16.4 Å². The number of carbonyl (C=O) groups excluding carboxylic acids is 2. The van der Waals surface area contributed by atoms with Gasteiger partial charge in [0.25, 0.3) is 0 Å². The Balaban J connectivity index is 1.88. The molecule has 0 radical (unpaired) electrons. The van der Waals surface area contributed by atoms with Gasteiger partial charge in [-0.15, -0.1) is 0 Å². The Labute approximate surface area is 181 Å². The van der Waals surface area contributed by atoms with Crippen LogP contribution in [0.5, 0.6) is 11.6 Å². The van der Waals surface area contributed by atoms with Crippen LogP contribution in [-0.2, 0) is 16.0 Å². The van der Waals surface area contributed by atoms with Crippen LogP contribution in [-0.4, -0.2) is 47.3 Å². The zero-order valence-electron chi connectivity index (χ0n) is 18.7. The summed E-state index contributed by atoms with van der Waals surface area (Å²) in [6, 6.07) is 6.08. The van der Waals surface area contributed by atoms with Gasteiger partial charge in [0, 0.05) is 12.5 Å². The van der Waals surface area contributed by atoms with E-state index in [9.17, 15) is 9.59 Å². The number of ether oxygens (including phenoxy) is 3. The van der Waals surface area contributed by atoms with Crippen molar-refractivity contribution in [2.45, 2.75) is 52.7 Å². The summed E-state index contributed by atoms with van der Waals surface area (Å²) < 4.78 is 16.2. The van der Waals surface area contributed by atoms with Crippen molar-refractivity contribution < 1.29 is 23.8 Å². The molecule has 3 rings (SSSR count). The van der Waals surface area contributed by atoms with E-state index in [0.717, 1.165) is 5.56 Å². The maximum Gasteiger partial charge on any atom is 0.416 e. The van der Waals surface area contributed by atoms with Crippen molar-refractivity contribution in [1.82, 2.24) is 9.97 Å². The highest BCUT2D eigenvalue weighted by molar-refractivity contribution is 6.04. The first-order valence-electron chi connectivity index (χ1n) is 10.1. The number of methoxy groups -OCH3 is 1. The van der Waals surface area contributed by atoms with Gasteiger partial charge in [-0.2, -0.15) is 4.98 Å². The third-order valence-corrected chi connectivity index (χ3v) is 4.57. The first-order valence-corrected chi connectivity index (χ1v) is 10.1. The van der Waals surface area contributed by atoms with E-state index in [1.807, 2.05) is 6.92 Å². The Morgan fingerprint density at radius 3 is 2.55 bits per heavy atom. The molecule has 0 aromatic carbocycles. The maximum atomic E-state index is 13.1. The zero-order valence-corrected chi connectivity index (χ0v) is 18.7. The molecule has 2 amide bonds. The molecule has 9 nitrogen and oxygen atoms in total. The molecule has 1 unspecified atom stereocenters. The molecule has 1 N–H and O–H groups in total. The van der Waals surface area contributed by atoms with Crippen LogP contribution in [0.15, 0.2) is 24.3 Å². The maximum absolute atomic E-state index is 13.1. The van der Waals surface area contributed by atoms with Gasteiger partial charge in [-0.25, -0.2) is 14.7 Å². The fourth-order valence-corrected chi connectivity index (χ4v) is 3.26. The topological polar surface area (TPSA) is 103 Å². The van der Waals surface area contributed by atoms with Gasteiger partial charge in [-0.1, -0.05) is 0 Å². The van der Waals surface area contributed by atoms with Crippen LogP contribution >= 0.6 is 0 Å². The third-order valence-electron chi connectivity index (χ3n) is 4.57. The van der Waals surface area contributed by atoms with Crippen molar-refractivity contribution in [2.24, 2.45) is 0 Å². The second-order valence-electron chi connectivity index (χ2n) is 8.11. The number of nitrogens with zero attached hydrogens (tertiary/aromatic N) is 3. The van der Waals surface area contributed by atoms with Gasteiger partial charge in [0.2, 0.25) is 11.8 Å². The average molecular weight is 428 g/mol. The monoisotopic (exact) mass is 428 g/mol. The second kappa shape index (κ2) is 8.79. The van der Waals surface area contributed by atoms with Crippen molar-refractivity contribution in [3.63, 3.8) is 0 Å². The summed E-state index contributed by atoms with van der Waals surface area (Å²) in [5.74, 6) is 1.33. The summed E-state index contributed by atoms with van der Waals surface area (Å²) >= 11 is 0. The first-order chi connectivity index (χ1) is 14.6. The van der Waals surface area contributed by atoms with Crippen LogP contribution in [0.2, 0.25) is 0 Å². The molecule has 0 saturated carbocycles. The summed E-state index contributed by atoms with van der Waals surface area (Å²) in [7, 11) is 1.49. The molecule has 0 spiro atoms. The summed E-state index contributed by atoms with van der Waals surface area (Å²) in [4.78, 5) is 36.2. The molecule has 0 fully saturated rings. The highest BCUT2D eigenvalue weighted by atomic mass is 16.6. The molecule has 9 heteroatoms. The number of aromatic nitrogens is 2. The molecule has 0 saturated heterocycles. The number of anilines is 2. The molecular formula is C22H28N4O5. The van der Waals surface area contributed by atoms with Gasteiger partial charge in [0.15, 0.2) is 0 Å².